The number of halogens is 4. The molecule has 0 aliphatic heterocycles. The molecule has 0 spiro atoms. The Morgan fingerprint density at radius 2 is 1.00 bits per heavy atom. The molecular formula is C13H30BF4P. The van der Waals surface area contributed by atoms with Gasteiger partial charge in [-0.2, -0.15) is 0 Å². The first kappa shape index (κ1) is 21.5. The van der Waals surface area contributed by atoms with E-state index in [1.165, 1.54) is 57.5 Å². The van der Waals surface area contributed by atoms with Gasteiger partial charge in [-0.1, -0.05) is 45.4 Å². The zero-order chi connectivity index (χ0) is 15.4. The minimum absolute atomic E-state index is 0.482. The molecule has 0 aliphatic carbocycles. The van der Waals surface area contributed by atoms with Gasteiger partial charge in [-0.3, -0.25) is 0 Å². The van der Waals surface area contributed by atoms with Crippen LogP contribution in [0.5, 0.6) is 0 Å². The summed E-state index contributed by atoms with van der Waals surface area (Å²) in [5.74, 6) is 0. The first-order chi connectivity index (χ1) is 8.56. The molecule has 0 atom stereocenters. The molecule has 0 nitrogen and oxygen atoms in total. The van der Waals surface area contributed by atoms with E-state index in [1.54, 1.807) is 0 Å². The van der Waals surface area contributed by atoms with Gasteiger partial charge in [-0.25, -0.2) is 0 Å². The maximum absolute atomic E-state index is 9.75. The van der Waals surface area contributed by atoms with E-state index in [-0.39, 0.29) is 0 Å². The Hall–Kier alpha value is 0.215. The lowest BCUT2D eigenvalue weighted by atomic mass is 10.1. The van der Waals surface area contributed by atoms with Crippen LogP contribution in [-0.4, -0.2) is 33.4 Å². The first-order valence-electron chi connectivity index (χ1n) is 7.24. The maximum atomic E-state index is 9.75. The molecule has 0 aliphatic rings. The number of hydrogen-bond acceptors (Lipinski definition) is 0. The molecule has 0 saturated heterocycles. The van der Waals surface area contributed by atoms with Crippen LogP contribution >= 0.6 is 7.26 Å². The van der Waals surface area contributed by atoms with Gasteiger partial charge in [-0.05, 0) is 12.8 Å². The summed E-state index contributed by atoms with van der Waals surface area (Å²) >= 11 is 0. The minimum atomic E-state index is -6.00. The normalized spacial score (nSPS) is 12.0. The molecule has 0 unspecified atom stereocenters. The van der Waals surface area contributed by atoms with Crippen LogP contribution in [0.1, 0.15) is 58.3 Å². The van der Waals surface area contributed by atoms with Gasteiger partial charge in [0.1, 0.15) is 0 Å². The highest BCUT2D eigenvalue weighted by Crippen LogP contribution is 2.47. The molecule has 0 radical (unpaired) electrons. The SMILES string of the molecule is CCCCCCCCCC[P+](C)(C)C.F[B-](F)(F)F. The van der Waals surface area contributed by atoms with Crippen molar-refractivity contribution >= 4 is 14.5 Å². The van der Waals surface area contributed by atoms with Crippen LogP contribution in [0.3, 0.4) is 0 Å². The van der Waals surface area contributed by atoms with E-state index in [0.29, 0.717) is 0 Å². The fraction of sp³-hybridized carbons (Fsp3) is 1.00. The summed E-state index contributed by atoms with van der Waals surface area (Å²) in [7, 11) is -6.48. The van der Waals surface area contributed by atoms with Crippen LogP contribution < -0.4 is 0 Å². The van der Waals surface area contributed by atoms with Gasteiger partial charge in [0.15, 0.2) is 0 Å². The molecule has 0 aromatic carbocycles. The highest BCUT2D eigenvalue weighted by atomic mass is 31.2. The molecule has 0 heterocycles. The van der Waals surface area contributed by atoms with Crippen molar-refractivity contribution in [3.8, 4) is 0 Å². The van der Waals surface area contributed by atoms with E-state index in [4.69, 9.17) is 0 Å². The smallest absolute Gasteiger partial charge is 0.418 e. The number of rotatable bonds is 9. The molecule has 6 heteroatoms. The van der Waals surface area contributed by atoms with Gasteiger partial charge in [0.25, 0.3) is 0 Å². The van der Waals surface area contributed by atoms with Gasteiger partial charge in [-0.15, -0.1) is 0 Å². The van der Waals surface area contributed by atoms with Gasteiger partial charge in [0, 0.05) is 27.3 Å². The van der Waals surface area contributed by atoms with Crippen LogP contribution in [-0.2, 0) is 0 Å². The third-order valence-electron chi connectivity index (χ3n) is 2.68. The van der Waals surface area contributed by atoms with E-state index in [2.05, 4.69) is 26.9 Å². The molecule has 0 amide bonds. The molecule has 0 N–H and O–H groups in total. The van der Waals surface area contributed by atoms with E-state index in [0.717, 1.165) is 0 Å². The number of hydrogen-bond donors (Lipinski definition) is 0. The van der Waals surface area contributed by atoms with Crippen LogP contribution in [0, 0.1) is 0 Å². The van der Waals surface area contributed by atoms with Gasteiger partial charge >= 0.3 is 7.25 Å². The average Bonchev–Trinajstić information content (AvgIpc) is 2.18. The molecule has 0 aromatic rings. The van der Waals surface area contributed by atoms with Crippen molar-refractivity contribution in [2.75, 3.05) is 26.2 Å². The monoisotopic (exact) mass is 304 g/mol. The molecule has 0 rings (SSSR count). The topological polar surface area (TPSA) is 0 Å². The zero-order valence-corrected chi connectivity index (χ0v) is 13.8. The van der Waals surface area contributed by atoms with Crippen LogP contribution in [0.15, 0.2) is 0 Å². The maximum Gasteiger partial charge on any atom is 0.673 e. The summed E-state index contributed by atoms with van der Waals surface area (Å²) < 4.78 is 39.0. The summed E-state index contributed by atoms with van der Waals surface area (Å²) in [6, 6.07) is 0. The molecule has 0 saturated carbocycles. The molecular weight excluding hydrogens is 274 g/mol. The summed E-state index contributed by atoms with van der Waals surface area (Å²) in [6.07, 6.45) is 13.1. The van der Waals surface area contributed by atoms with Crippen LogP contribution in [0.4, 0.5) is 17.3 Å². The second-order valence-corrected chi connectivity index (χ2v) is 11.0. The molecule has 118 valence electrons. The van der Waals surface area contributed by atoms with Gasteiger partial charge < -0.3 is 17.3 Å². The highest BCUT2D eigenvalue weighted by Gasteiger charge is 2.20. The Bertz CT molecular complexity index is 184. The van der Waals surface area contributed by atoms with Crippen LogP contribution in [0.2, 0.25) is 0 Å². The predicted octanol–water partition coefficient (Wildman–Crippen LogP) is 6.33. The Labute approximate surface area is 117 Å². The van der Waals surface area contributed by atoms with Gasteiger partial charge in [0.05, 0.1) is 6.16 Å². The van der Waals surface area contributed by atoms with Crippen molar-refractivity contribution in [2.45, 2.75) is 58.3 Å². The summed E-state index contributed by atoms with van der Waals surface area (Å²) in [5.41, 5.74) is 0. The molecule has 0 aromatic heterocycles. The number of unbranched alkanes of at least 4 members (excludes halogenated alkanes) is 7. The fourth-order valence-electron chi connectivity index (χ4n) is 1.72. The Kier molecular flexibility index (Phi) is 13.6. The minimum Gasteiger partial charge on any atom is -0.418 e. The lowest BCUT2D eigenvalue weighted by Gasteiger charge is -2.10. The Balaban J connectivity index is 0. The van der Waals surface area contributed by atoms with Crippen LogP contribution in [0.25, 0.3) is 0 Å². The average molecular weight is 304 g/mol. The third-order valence-corrected chi connectivity index (χ3v) is 4.34. The second-order valence-electron chi connectivity index (χ2n) is 5.98. The van der Waals surface area contributed by atoms with Crippen molar-refractivity contribution in [2.24, 2.45) is 0 Å². The van der Waals surface area contributed by atoms with Gasteiger partial charge in [0.2, 0.25) is 0 Å². The standard InChI is InChI=1S/C13H30P.BF4/c1-5-6-7-8-9-10-11-12-13-14(2,3)4;2-1(3,4)5/h5-13H2,1-4H3;/q+1;-1. The van der Waals surface area contributed by atoms with E-state index in [1.807, 2.05) is 0 Å². The van der Waals surface area contributed by atoms with Crippen molar-refractivity contribution in [1.29, 1.82) is 0 Å². The summed E-state index contributed by atoms with van der Waals surface area (Å²) in [6.45, 7) is 9.64. The zero-order valence-electron chi connectivity index (χ0n) is 12.9. The third kappa shape index (κ3) is 38.1. The lowest BCUT2D eigenvalue weighted by Crippen LogP contribution is -2.02. The molecule has 19 heavy (non-hydrogen) atoms. The fourth-order valence-corrected chi connectivity index (χ4v) is 2.89. The quantitative estimate of drug-likeness (QED) is 0.202. The summed E-state index contributed by atoms with van der Waals surface area (Å²) in [4.78, 5) is 0. The predicted molar refractivity (Wildman–Crippen MR) is 82.4 cm³/mol. The molecule has 0 bridgehead atoms. The Morgan fingerprint density at radius 1 is 0.684 bits per heavy atom. The van der Waals surface area contributed by atoms with E-state index >= 15 is 0 Å². The largest absolute Gasteiger partial charge is 0.673 e. The van der Waals surface area contributed by atoms with E-state index in [9.17, 15) is 17.3 Å². The van der Waals surface area contributed by atoms with E-state index < -0.39 is 14.5 Å². The second kappa shape index (κ2) is 12.0. The first-order valence-corrected chi connectivity index (χ1v) is 10.6. The Morgan fingerprint density at radius 3 is 1.32 bits per heavy atom. The van der Waals surface area contributed by atoms with Crippen molar-refractivity contribution in [1.82, 2.24) is 0 Å². The molecule has 0 fully saturated rings. The summed E-state index contributed by atoms with van der Waals surface area (Å²) in [5, 5.41) is 0. The lowest BCUT2D eigenvalue weighted by molar-refractivity contribution is 0.368. The van der Waals surface area contributed by atoms with Crippen molar-refractivity contribution in [3.05, 3.63) is 0 Å². The highest BCUT2D eigenvalue weighted by molar-refractivity contribution is 7.73. The van der Waals surface area contributed by atoms with Crippen molar-refractivity contribution in [3.63, 3.8) is 0 Å². The van der Waals surface area contributed by atoms with Crippen molar-refractivity contribution < 1.29 is 17.3 Å².